The number of hydrogen-bond donors (Lipinski definition) is 1. The second-order valence-electron chi connectivity index (χ2n) is 6.43. The van der Waals surface area contributed by atoms with Crippen LogP contribution < -0.4 is 0 Å². The Morgan fingerprint density at radius 2 is 1.92 bits per heavy atom. The van der Waals surface area contributed by atoms with Gasteiger partial charge in [0.15, 0.2) is 0 Å². The maximum Gasteiger partial charge on any atom is 0.311 e. The molecule has 1 saturated heterocycles. The highest BCUT2D eigenvalue weighted by Gasteiger charge is 2.53. The minimum Gasteiger partial charge on any atom is -0.469 e. The fraction of sp³-hybridized carbons (Fsp3) is 0.444. The van der Waals surface area contributed by atoms with Crippen molar-refractivity contribution in [3.63, 3.8) is 0 Å². The van der Waals surface area contributed by atoms with Gasteiger partial charge in [-0.2, -0.15) is 0 Å². The van der Waals surface area contributed by atoms with Gasteiger partial charge in [0.1, 0.15) is 0 Å². The van der Waals surface area contributed by atoms with Crippen LogP contribution in [0.15, 0.2) is 24.3 Å². The molecule has 6 heteroatoms. The highest BCUT2D eigenvalue weighted by molar-refractivity contribution is 5.87. The van der Waals surface area contributed by atoms with Crippen LogP contribution in [-0.4, -0.2) is 49.1 Å². The first-order valence-corrected chi connectivity index (χ1v) is 8.15. The van der Waals surface area contributed by atoms with Crippen LogP contribution in [0, 0.1) is 11.8 Å². The molecule has 0 aliphatic carbocycles. The molecule has 3 atom stereocenters. The van der Waals surface area contributed by atoms with Crippen LogP contribution in [0.25, 0.3) is 10.9 Å². The van der Waals surface area contributed by atoms with Crippen LogP contribution in [0.5, 0.6) is 0 Å². The average molecular weight is 328 g/mol. The number of H-pyrrole nitrogens is 1. The lowest BCUT2D eigenvalue weighted by molar-refractivity contribution is -0.156. The highest BCUT2D eigenvalue weighted by Crippen LogP contribution is 2.46. The Morgan fingerprint density at radius 3 is 2.67 bits per heavy atom. The van der Waals surface area contributed by atoms with Crippen LogP contribution in [0.3, 0.4) is 0 Å². The van der Waals surface area contributed by atoms with Crippen molar-refractivity contribution in [1.82, 2.24) is 9.88 Å². The number of carbonyl (C=O) groups excluding carboxylic acids is 2. The summed E-state index contributed by atoms with van der Waals surface area (Å²) >= 11 is 0. The molecule has 0 radical (unpaired) electrons. The maximum absolute atomic E-state index is 12.5. The highest BCUT2D eigenvalue weighted by atomic mass is 16.5. The van der Waals surface area contributed by atoms with Crippen LogP contribution in [0.1, 0.15) is 17.3 Å². The second-order valence-corrected chi connectivity index (χ2v) is 6.43. The SMILES string of the molecule is COC(=O)[C@@H]1[C@H](C(=O)OC)CN2CCc3c([nH]c4ccccc34)[C@@H]12. The molecule has 126 valence electrons. The number of para-hydroxylation sites is 1. The molecule has 0 unspecified atom stereocenters. The third-order valence-electron chi connectivity index (χ3n) is 5.37. The van der Waals surface area contributed by atoms with Crippen molar-refractivity contribution in [1.29, 1.82) is 0 Å². The first-order chi connectivity index (χ1) is 11.7. The molecule has 1 fully saturated rings. The zero-order valence-electron chi connectivity index (χ0n) is 13.7. The number of benzene rings is 1. The molecule has 2 aliphatic heterocycles. The molecular weight excluding hydrogens is 308 g/mol. The van der Waals surface area contributed by atoms with Gasteiger partial charge in [0.05, 0.1) is 32.1 Å². The summed E-state index contributed by atoms with van der Waals surface area (Å²) in [5.41, 5.74) is 3.34. The van der Waals surface area contributed by atoms with E-state index in [1.54, 1.807) is 0 Å². The zero-order valence-corrected chi connectivity index (χ0v) is 13.7. The van der Waals surface area contributed by atoms with Gasteiger partial charge in [0.25, 0.3) is 0 Å². The van der Waals surface area contributed by atoms with Gasteiger partial charge in [-0.3, -0.25) is 14.5 Å². The molecule has 3 heterocycles. The molecule has 0 amide bonds. The number of methoxy groups -OCH3 is 2. The first-order valence-electron chi connectivity index (χ1n) is 8.15. The molecule has 2 aromatic rings. The lowest BCUT2D eigenvalue weighted by atomic mass is 9.86. The van der Waals surface area contributed by atoms with Crippen molar-refractivity contribution in [3.8, 4) is 0 Å². The summed E-state index contributed by atoms with van der Waals surface area (Å²) in [7, 11) is 2.73. The van der Waals surface area contributed by atoms with E-state index in [4.69, 9.17) is 9.47 Å². The van der Waals surface area contributed by atoms with Gasteiger partial charge >= 0.3 is 11.9 Å². The third-order valence-corrected chi connectivity index (χ3v) is 5.37. The van der Waals surface area contributed by atoms with E-state index in [1.807, 2.05) is 18.2 Å². The smallest absolute Gasteiger partial charge is 0.311 e. The van der Waals surface area contributed by atoms with E-state index in [9.17, 15) is 9.59 Å². The van der Waals surface area contributed by atoms with E-state index in [0.29, 0.717) is 6.54 Å². The predicted molar refractivity (Wildman–Crippen MR) is 87.3 cm³/mol. The van der Waals surface area contributed by atoms with Crippen LogP contribution in [-0.2, 0) is 25.5 Å². The number of nitrogens with zero attached hydrogens (tertiary/aromatic N) is 1. The van der Waals surface area contributed by atoms with Gasteiger partial charge in [-0.25, -0.2) is 0 Å². The van der Waals surface area contributed by atoms with E-state index >= 15 is 0 Å². The molecule has 4 rings (SSSR count). The van der Waals surface area contributed by atoms with E-state index in [0.717, 1.165) is 24.2 Å². The van der Waals surface area contributed by atoms with Crippen LogP contribution in [0.2, 0.25) is 0 Å². The Kier molecular flexibility index (Phi) is 3.57. The fourth-order valence-corrected chi connectivity index (χ4v) is 4.32. The van der Waals surface area contributed by atoms with Crippen molar-refractivity contribution in [2.24, 2.45) is 11.8 Å². The standard InChI is InChI=1S/C18H20N2O4/c1-23-17(21)12-9-20-8-7-11-10-5-3-4-6-13(10)19-15(11)16(20)14(12)18(22)24-2/h3-6,12,14,16,19H,7-9H2,1-2H3/t12-,14-,16-/m1/s1. The monoisotopic (exact) mass is 328 g/mol. The molecule has 1 aromatic carbocycles. The predicted octanol–water partition coefficient (Wildman–Crippen LogP) is 1.66. The number of esters is 2. The normalized spacial score (nSPS) is 26.0. The number of rotatable bonds is 2. The Balaban J connectivity index is 1.84. The van der Waals surface area contributed by atoms with Gasteiger partial charge in [-0.1, -0.05) is 18.2 Å². The summed E-state index contributed by atoms with van der Waals surface area (Å²) in [6, 6.07) is 7.98. The fourth-order valence-electron chi connectivity index (χ4n) is 4.32. The molecule has 6 nitrogen and oxygen atoms in total. The molecule has 0 spiro atoms. The summed E-state index contributed by atoms with van der Waals surface area (Å²) in [6.45, 7) is 1.34. The van der Waals surface area contributed by atoms with Crippen molar-refractivity contribution in [3.05, 3.63) is 35.5 Å². The lowest BCUT2D eigenvalue weighted by Gasteiger charge is -2.31. The van der Waals surface area contributed by atoms with Crippen molar-refractivity contribution < 1.29 is 19.1 Å². The van der Waals surface area contributed by atoms with Crippen molar-refractivity contribution >= 4 is 22.8 Å². The molecule has 2 aliphatic rings. The van der Waals surface area contributed by atoms with Gasteiger partial charge in [-0.15, -0.1) is 0 Å². The van der Waals surface area contributed by atoms with Gasteiger partial charge < -0.3 is 14.5 Å². The summed E-state index contributed by atoms with van der Waals surface area (Å²) in [5.74, 6) is -1.75. The molecule has 0 saturated carbocycles. The zero-order chi connectivity index (χ0) is 16.8. The molecular formula is C18H20N2O4. The van der Waals surface area contributed by atoms with Crippen LogP contribution >= 0.6 is 0 Å². The van der Waals surface area contributed by atoms with Gasteiger partial charge in [0.2, 0.25) is 0 Å². The Bertz CT molecular complexity index is 812. The number of fused-ring (bicyclic) bond motifs is 5. The Morgan fingerprint density at radius 1 is 1.17 bits per heavy atom. The number of carbonyl (C=O) groups is 2. The van der Waals surface area contributed by atoms with Crippen molar-refractivity contribution in [2.75, 3.05) is 27.3 Å². The van der Waals surface area contributed by atoms with Crippen molar-refractivity contribution in [2.45, 2.75) is 12.5 Å². The number of aromatic amines is 1. The maximum atomic E-state index is 12.5. The second kappa shape index (κ2) is 5.63. The van der Waals surface area contributed by atoms with Gasteiger partial charge in [0, 0.05) is 29.7 Å². The number of nitrogens with one attached hydrogen (secondary N) is 1. The largest absolute Gasteiger partial charge is 0.469 e. The topological polar surface area (TPSA) is 71.6 Å². The molecule has 24 heavy (non-hydrogen) atoms. The number of aromatic nitrogens is 1. The molecule has 1 aromatic heterocycles. The van der Waals surface area contributed by atoms with E-state index in [2.05, 4.69) is 16.0 Å². The van der Waals surface area contributed by atoms with E-state index in [-0.39, 0.29) is 18.0 Å². The van der Waals surface area contributed by atoms with E-state index in [1.165, 1.54) is 25.2 Å². The minimum atomic E-state index is -0.547. The summed E-state index contributed by atoms with van der Waals surface area (Å²) in [5, 5.41) is 1.19. The third kappa shape index (κ3) is 2.06. The van der Waals surface area contributed by atoms with E-state index < -0.39 is 11.8 Å². The van der Waals surface area contributed by atoms with Gasteiger partial charge in [-0.05, 0) is 18.1 Å². The Hall–Kier alpha value is -2.34. The van der Waals surface area contributed by atoms with Crippen LogP contribution in [0.4, 0.5) is 0 Å². The molecule has 1 N–H and O–H groups in total. The summed E-state index contributed by atoms with van der Waals surface area (Å²) in [6.07, 6.45) is 0.900. The minimum absolute atomic E-state index is 0.169. The summed E-state index contributed by atoms with van der Waals surface area (Å²) in [4.78, 5) is 30.3. The first kappa shape index (κ1) is 15.2. The lowest BCUT2D eigenvalue weighted by Crippen LogP contribution is -2.35. The molecule has 0 bridgehead atoms. The Labute approximate surface area is 139 Å². The number of ether oxygens (including phenoxy) is 2. The number of hydrogen-bond acceptors (Lipinski definition) is 5. The average Bonchev–Trinajstić information content (AvgIpc) is 3.18. The quantitative estimate of drug-likeness (QED) is 0.849. The summed E-state index contributed by atoms with van der Waals surface area (Å²) < 4.78 is 9.94.